The monoisotopic (exact) mass is 255 g/mol. The Morgan fingerprint density at radius 2 is 1.94 bits per heavy atom. The second-order valence-electron chi connectivity index (χ2n) is 6.45. The van der Waals surface area contributed by atoms with Crippen LogP contribution in [0.2, 0.25) is 0 Å². The van der Waals surface area contributed by atoms with Gasteiger partial charge in [0.25, 0.3) is 0 Å². The predicted octanol–water partition coefficient (Wildman–Crippen LogP) is 0.639. The SMILES string of the molecule is CC1CNCC(C)(C)N(CCN2CCOCC2)C1. The summed E-state index contributed by atoms with van der Waals surface area (Å²) in [5.74, 6) is 0.747. The van der Waals surface area contributed by atoms with E-state index in [0.29, 0.717) is 0 Å². The zero-order valence-corrected chi connectivity index (χ0v) is 12.2. The van der Waals surface area contributed by atoms with Crippen molar-refractivity contribution in [2.75, 3.05) is 59.0 Å². The third-order valence-corrected chi connectivity index (χ3v) is 4.23. The Morgan fingerprint density at radius 3 is 2.67 bits per heavy atom. The first-order valence-electron chi connectivity index (χ1n) is 7.34. The van der Waals surface area contributed by atoms with E-state index in [2.05, 4.69) is 35.9 Å². The second kappa shape index (κ2) is 6.33. The number of nitrogens with one attached hydrogen (secondary N) is 1. The molecule has 4 nitrogen and oxygen atoms in total. The van der Waals surface area contributed by atoms with Crippen LogP contribution >= 0.6 is 0 Å². The highest BCUT2D eigenvalue weighted by molar-refractivity contribution is 4.88. The molecule has 0 amide bonds. The van der Waals surface area contributed by atoms with Crippen molar-refractivity contribution in [2.45, 2.75) is 26.3 Å². The molecule has 1 N–H and O–H groups in total. The van der Waals surface area contributed by atoms with Crippen molar-refractivity contribution < 1.29 is 4.74 Å². The number of ether oxygens (including phenoxy) is 1. The fourth-order valence-electron chi connectivity index (χ4n) is 2.91. The summed E-state index contributed by atoms with van der Waals surface area (Å²) in [6, 6.07) is 0. The van der Waals surface area contributed by atoms with Gasteiger partial charge in [-0.3, -0.25) is 9.80 Å². The molecule has 2 aliphatic heterocycles. The van der Waals surface area contributed by atoms with Crippen LogP contribution in [0.1, 0.15) is 20.8 Å². The van der Waals surface area contributed by atoms with E-state index in [9.17, 15) is 0 Å². The van der Waals surface area contributed by atoms with Gasteiger partial charge in [0.15, 0.2) is 0 Å². The Balaban J connectivity index is 1.84. The largest absolute Gasteiger partial charge is 0.379 e. The smallest absolute Gasteiger partial charge is 0.0594 e. The molecule has 0 bridgehead atoms. The lowest BCUT2D eigenvalue weighted by Gasteiger charge is -2.39. The van der Waals surface area contributed by atoms with Gasteiger partial charge in [0.1, 0.15) is 0 Å². The van der Waals surface area contributed by atoms with Crippen LogP contribution in [-0.4, -0.2) is 74.4 Å². The first-order chi connectivity index (χ1) is 8.58. The summed E-state index contributed by atoms with van der Waals surface area (Å²) in [5, 5.41) is 3.58. The molecular formula is C14H29N3O. The standard InChI is InChI=1S/C14H29N3O/c1-13-10-15-12-14(2,3)17(11-13)5-4-16-6-8-18-9-7-16/h13,15H,4-12H2,1-3H3. The fraction of sp³-hybridized carbons (Fsp3) is 1.00. The van der Waals surface area contributed by atoms with E-state index in [-0.39, 0.29) is 5.54 Å². The maximum Gasteiger partial charge on any atom is 0.0594 e. The van der Waals surface area contributed by atoms with Crippen molar-refractivity contribution in [3.05, 3.63) is 0 Å². The van der Waals surface area contributed by atoms with Crippen LogP contribution in [0.15, 0.2) is 0 Å². The highest BCUT2D eigenvalue weighted by Crippen LogP contribution is 2.18. The first kappa shape index (κ1) is 14.3. The fourth-order valence-corrected chi connectivity index (χ4v) is 2.91. The van der Waals surface area contributed by atoms with E-state index in [4.69, 9.17) is 4.74 Å². The maximum atomic E-state index is 5.40. The van der Waals surface area contributed by atoms with Crippen molar-refractivity contribution in [1.82, 2.24) is 15.1 Å². The highest BCUT2D eigenvalue weighted by Gasteiger charge is 2.30. The zero-order valence-electron chi connectivity index (χ0n) is 12.2. The number of morpholine rings is 1. The first-order valence-corrected chi connectivity index (χ1v) is 7.34. The van der Waals surface area contributed by atoms with E-state index in [1.165, 1.54) is 19.6 Å². The van der Waals surface area contributed by atoms with Crippen LogP contribution < -0.4 is 5.32 Å². The molecule has 2 fully saturated rings. The van der Waals surface area contributed by atoms with Gasteiger partial charge >= 0.3 is 0 Å². The minimum absolute atomic E-state index is 0.275. The summed E-state index contributed by atoms with van der Waals surface area (Å²) in [5.41, 5.74) is 0.275. The Kier molecular flexibility index (Phi) is 5.01. The lowest BCUT2D eigenvalue weighted by Crippen LogP contribution is -2.52. The van der Waals surface area contributed by atoms with Gasteiger partial charge in [0.2, 0.25) is 0 Å². The average molecular weight is 255 g/mol. The van der Waals surface area contributed by atoms with Crippen LogP contribution in [0.3, 0.4) is 0 Å². The summed E-state index contributed by atoms with van der Waals surface area (Å²) >= 11 is 0. The van der Waals surface area contributed by atoms with E-state index < -0.39 is 0 Å². The molecule has 0 saturated carbocycles. The molecule has 2 heterocycles. The number of hydrogen-bond donors (Lipinski definition) is 1. The molecule has 2 aliphatic rings. The Hall–Kier alpha value is -0.160. The van der Waals surface area contributed by atoms with Gasteiger partial charge < -0.3 is 10.1 Å². The Morgan fingerprint density at radius 1 is 1.22 bits per heavy atom. The molecule has 0 aromatic carbocycles. The average Bonchev–Trinajstić information content (AvgIpc) is 2.47. The van der Waals surface area contributed by atoms with Crippen molar-refractivity contribution in [1.29, 1.82) is 0 Å². The third kappa shape index (κ3) is 3.92. The molecule has 18 heavy (non-hydrogen) atoms. The molecule has 0 spiro atoms. The van der Waals surface area contributed by atoms with Crippen LogP contribution in [0.4, 0.5) is 0 Å². The quantitative estimate of drug-likeness (QED) is 0.801. The molecule has 0 radical (unpaired) electrons. The van der Waals surface area contributed by atoms with Gasteiger partial charge in [-0.05, 0) is 26.3 Å². The van der Waals surface area contributed by atoms with Crippen LogP contribution in [0.25, 0.3) is 0 Å². The molecule has 106 valence electrons. The van der Waals surface area contributed by atoms with E-state index in [0.717, 1.165) is 45.3 Å². The van der Waals surface area contributed by atoms with Gasteiger partial charge in [-0.25, -0.2) is 0 Å². The zero-order chi connectivity index (χ0) is 13.0. The number of hydrogen-bond acceptors (Lipinski definition) is 4. The van der Waals surface area contributed by atoms with Crippen LogP contribution in [-0.2, 0) is 4.74 Å². The van der Waals surface area contributed by atoms with Crippen molar-refractivity contribution >= 4 is 0 Å². The van der Waals surface area contributed by atoms with E-state index in [1.807, 2.05) is 0 Å². The molecule has 1 unspecified atom stereocenters. The van der Waals surface area contributed by atoms with Crippen molar-refractivity contribution in [3.8, 4) is 0 Å². The number of rotatable bonds is 3. The molecule has 4 heteroatoms. The summed E-state index contributed by atoms with van der Waals surface area (Å²) in [6.07, 6.45) is 0. The Labute approximate surface area is 112 Å². The van der Waals surface area contributed by atoms with E-state index >= 15 is 0 Å². The molecule has 0 aromatic rings. The minimum Gasteiger partial charge on any atom is -0.379 e. The summed E-state index contributed by atoms with van der Waals surface area (Å²) in [6.45, 7) is 16.9. The second-order valence-corrected chi connectivity index (χ2v) is 6.45. The van der Waals surface area contributed by atoms with Gasteiger partial charge in [-0.2, -0.15) is 0 Å². The third-order valence-electron chi connectivity index (χ3n) is 4.23. The molecule has 2 rings (SSSR count). The lowest BCUT2D eigenvalue weighted by atomic mass is 10.0. The normalized spacial score (nSPS) is 31.2. The predicted molar refractivity (Wildman–Crippen MR) is 74.9 cm³/mol. The summed E-state index contributed by atoms with van der Waals surface area (Å²) in [7, 11) is 0. The summed E-state index contributed by atoms with van der Waals surface area (Å²) in [4.78, 5) is 5.19. The Bertz CT molecular complexity index is 251. The molecule has 2 saturated heterocycles. The lowest BCUT2D eigenvalue weighted by molar-refractivity contribution is 0.0253. The molecular weight excluding hydrogens is 226 g/mol. The molecule has 1 atom stereocenters. The van der Waals surface area contributed by atoms with Gasteiger partial charge in [-0.1, -0.05) is 6.92 Å². The number of nitrogens with zero attached hydrogens (tertiary/aromatic N) is 2. The molecule has 0 aromatic heterocycles. The highest BCUT2D eigenvalue weighted by atomic mass is 16.5. The van der Waals surface area contributed by atoms with Crippen molar-refractivity contribution in [2.24, 2.45) is 5.92 Å². The summed E-state index contributed by atoms with van der Waals surface area (Å²) < 4.78 is 5.40. The molecule has 0 aliphatic carbocycles. The maximum absolute atomic E-state index is 5.40. The minimum atomic E-state index is 0.275. The van der Waals surface area contributed by atoms with Crippen molar-refractivity contribution in [3.63, 3.8) is 0 Å². The topological polar surface area (TPSA) is 27.7 Å². The van der Waals surface area contributed by atoms with Gasteiger partial charge in [0, 0.05) is 44.8 Å². The van der Waals surface area contributed by atoms with Crippen LogP contribution in [0.5, 0.6) is 0 Å². The van der Waals surface area contributed by atoms with E-state index in [1.54, 1.807) is 0 Å². The van der Waals surface area contributed by atoms with Gasteiger partial charge in [0.05, 0.1) is 13.2 Å². The van der Waals surface area contributed by atoms with Gasteiger partial charge in [-0.15, -0.1) is 0 Å². The van der Waals surface area contributed by atoms with Crippen LogP contribution in [0, 0.1) is 5.92 Å².